The van der Waals surface area contributed by atoms with Gasteiger partial charge in [0.25, 0.3) is 0 Å². The molecule has 2 bridgehead atoms. The summed E-state index contributed by atoms with van der Waals surface area (Å²) in [7, 11) is -3.51. The van der Waals surface area contributed by atoms with Crippen molar-refractivity contribution in [3.05, 3.63) is 18.0 Å². The van der Waals surface area contributed by atoms with E-state index >= 15 is 0 Å². The number of nitrogens with zero attached hydrogens (tertiary/aromatic N) is 4. The molecule has 4 rings (SSSR count). The number of aromatic nitrogens is 2. The van der Waals surface area contributed by atoms with Gasteiger partial charge in [0.1, 0.15) is 5.78 Å². The molecule has 1 saturated heterocycles. The van der Waals surface area contributed by atoms with Gasteiger partial charge in [-0.3, -0.25) is 4.79 Å². The topological polar surface area (TPSA) is 83.5 Å². The van der Waals surface area contributed by atoms with E-state index in [1.54, 1.807) is 4.31 Å². The lowest BCUT2D eigenvalue weighted by atomic mass is 9.66. The Bertz CT molecular complexity index is 906. The van der Waals surface area contributed by atoms with Crippen LogP contribution in [0.3, 0.4) is 0 Å². The number of hydrogen-bond acceptors (Lipinski definition) is 6. The van der Waals surface area contributed by atoms with E-state index in [9.17, 15) is 13.2 Å². The number of piperazine rings is 1. The zero-order valence-corrected chi connectivity index (χ0v) is 18.8. The van der Waals surface area contributed by atoms with Gasteiger partial charge in [-0.1, -0.05) is 27.7 Å². The summed E-state index contributed by atoms with van der Waals surface area (Å²) in [5.41, 5.74) is -0.0283. The summed E-state index contributed by atoms with van der Waals surface area (Å²) in [4.78, 5) is 23.8. The fourth-order valence-electron chi connectivity index (χ4n) is 5.61. The molecule has 0 spiro atoms. The molecule has 3 aliphatic rings. The van der Waals surface area contributed by atoms with Crippen molar-refractivity contribution in [3.8, 4) is 0 Å². The summed E-state index contributed by atoms with van der Waals surface area (Å²) >= 11 is 0. The second-order valence-corrected chi connectivity index (χ2v) is 11.7. The third kappa shape index (κ3) is 3.02. The van der Waals surface area contributed by atoms with E-state index in [0.717, 1.165) is 18.4 Å². The van der Waals surface area contributed by atoms with Gasteiger partial charge in [0, 0.05) is 50.4 Å². The van der Waals surface area contributed by atoms with Crippen molar-refractivity contribution in [2.75, 3.05) is 36.8 Å². The number of hydrogen-bond donors (Lipinski definition) is 0. The average Bonchev–Trinajstić information content (AvgIpc) is 2.96. The van der Waals surface area contributed by atoms with Crippen LogP contribution in [-0.2, 0) is 21.2 Å². The number of ketones is 1. The summed E-state index contributed by atoms with van der Waals surface area (Å²) in [6.45, 7) is 10.3. The molecule has 0 N–H and O–H groups in total. The first kappa shape index (κ1) is 20.7. The minimum atomic E-state index is -3.51. The van der Waals surface area contributed by atoms with Gasteiger partial charge in [-0.2, -0.15) is 4.31 Å². The van der Waals surface area contributed by atoms with E-state index < -0.39 is 15.4 Å². The number of carbonyl (C=O) groups is 1. The zero-order chi connectivity index (χ0) is 21.1. The van der Waals surface area contributed by atoms with Crippen molar-refractivity contribution in [1.82, 2.24) is 14.3 Å². The summed E-state index contributed by atoms with van der Waals surface area (Å²) < 4.78 is 28.2. The maximum Gasteiger partial charge on any atom is 0.225 e. The molecule has 2 aliphatic carbocycles. The van der Waals surface area contributed by atoms with Gasteiger partial charge in [-0.25, -0.2) is 18.4 Å². The Balaban J connectivity index is 1.46. The first-order valence-corrected chi connectivity index (χ1v) is 12.2. The largest absolute Gasteiger partial charge is 0.338 e. The number of rotatable bonds is 5. The molecule has 0 aromatic carbocycles. The van der Waals surface area contributed by atoms with Gasteiger partial charge >= 0.3 is 0 Å². The van der Waals surface area contributed by atoms with Gasteiger partial charge in [-0.15, -0.1) is 0 Å². The monoisotopic (exact) mass is 420 g/mol. The van der Waals surface area contributed by atoms with E-state index in [1.165, 1.54) is 0 Å². The molecule has 1 aliphatic heterocycles. The highest BCUT2D eigenvalue weighted by molar-refractivity contribution is 7.89. The van der Waals surface area contributed by atoms with Crippen LogP contribution in [0.5, 0.6) is 0 Å². The maximum absolute atomic E-state index is 13.3. The zero-order valence-electron chi connectivity index (χ0n) is 17.9. The predicted molar refractivity (Wildman–Crippen MR) is 112 cm³/mol. The van der Waals surface area contributed by atoms with Gasteiger partial charge in [0.15, 0.2) is 0 Å². The second-order valence-electron chi connectivity index (χ2n) is 9.75. The highest BCUT2D eigenvalue weighted by atomic mass is 32.2. The number of carbonyl (C=O) groups excluding carboxylic acids is 1. The molecular weight excluding hydrogens is 388 g/mol. The van der Waals surface area contributed by atoms with Crippen molar-refractivity contribution in [2.45, 2.75) is 53.4 Å². The predicted octanol–water partition coefficient (Wildman–Crippen LogP) is 2.28. The highest BCUT2D eigenvalue weighted by Gasteiger charge is 2.70. The van der Waals surface area contributed by atoms with Crippen LogP contribution in [0, 0.1) is 16.2 Å². The van der Waals surface area contributed by atoms with Crippen molar-refractivity contribution in [2.24, 2.45) is 16.2 Å². The van der Waals surface area contributed by atoms with Gasteiger partial charge < -0.3 is 4.90 Å². The standard InChI is InChI=1S/C21H32N4O3S/c1-5-16-13-22-18(23-14-16)24-8-10-25(11-9-24)29(27,28)15-21-7-6-20(4,12-17(21)26)19(21,2)3/h13-14H,5-12,15H2,1-4H3/t20-,21-/m1/s1. The molecule has 0 radical (unpaired) electrons. The highest BCUT2D eigenvalue weighted by Crippen LogP contribution is 2.70. The molecule has 8 heteroatoms. The summed E-state index contributed by atoms with van der Waals surface area (Å²) in [6, 6.07) is 0. The molecule has 29 heavy (non-hydrogen) atoms. The maximum atomic E-state index is 13.3. The first-order valence-electron chi connectivity index (χ1n) is 10.6. The summed E-state index contributed by atoms with van der Waals surface area (Å²) in [5, 5.41) is 0. The Morgan fingerprint density at radius 2 is 1.66 bits per heavy atom. The van der Waals surface area contributed by atoms with Crippen LogP contribution >= 0.6 is 0 Å². The van der Waals surface area contributed by atoms with Crippen LogP contribution in [0.25, 0.3) is 0 Å². The number of sulfonamides is 1. The molecule has 2 atom stereocenters. The number of fused-ring (bicyclic) bond motifs is 2. The fourth-order valence-corrected chi connectivity index (χ4v) is 7.80. The van der Waals surface area contributed by atoms with Crippen molar-refractivity contribution >= 4 is 21.8 Å². The Morgan fingerprint density at radius 1 is 1.03 bits per heavy atom. The van der Waals surface area contributed by atoms with Crippen LogP contribution in [0.4, 0.5) is 5.95 Å². The molecule has 0 unspecified atom stereocenters. The van der Waals surface area contributed by atoms with Crippen LogP contribution in [0.15, 0.2) is 12.4 Å². The smallest absolute Gasteiger partial charge is 0.225 e. The molecule has 0 amide bonds. The second kappa shape index (κ2) is 6.74. The van der Waals surface area contributed by atoms with Gasteiger partial charge in [0.2, 0.25) is 16.0 Å². The van der Waals surface area contributed by atoms with Gasteiger partial charge in [-0.05, 0) is 35.7 Å². The van der Waals surface area contributed by atoms with E-state index in [-0.39, 0.29) is 22.4 Å². The van der Waals surface area contributed by atoms with Crippen molar-refractivity contribution in [3.63, 3.8) is 0 Å². The van der Waals surface area contributed by atoms with Crippen LogP contribution in [0.1, 0.15) is 52.5 Å². The summed E-state index contributed by atoms with van der Waals surface area (Å²) in [5.74, 6) is 0.739. The van der Waals surface area contributed by atoms with Crippen LogP contribution in [0.2, 0.25) is 0 Å². The Kier molecular flexibility index (Phi) is 4.81. The van der Waals surface area contributed by atoms with Crippen LogP contribution < -0.4 is 4.90 Å². The molecule has 2 saturated carbocycles. The number of anilines is 1. The Hall–Kier alpha value is -1.54. The molecule has 160 valence electrons. The van der Waals surface area contributed by atoms with Crippen LogP contribution in [-0.4, -0.2) is 60.4 Å². The minimum absolute atomic E-state index is 0.0525. The van der Waals surface area contributed by atoms with E-state index in [1.807, 2.05) is 17.3 Å². The Morgan fingerprint density at radius 3 is 2.14 bits per heavy atom. The minimum Gasteiger partial charge on any atom is -0.338 e. The molecule has 1 aromatic heterocycles. The first-order chi connectivity index (χ1) is 13.5. The lowest BCUT2D eigenvalue weighted by molar-refractivity contribution is -0.128. The summed E-state index contributed by atoms with van der Waals surface area (Å²) in [6.07, 6.45) is 6.67. The third-order valence-electron chi connectivity index (χ3n) is 8.34. The molecule has 1 aromatic rings. The molecule has 3 fully saturated rings. The molecular formula is C21H32N4O3S. The number of Topliss-reactive ketones (excluding diaryl/α,β-unsaturated/α-hetero) is 1. The van der Waals surface area contributed by atoms with Gasteiger partial charge in [0.05, 0.1) is 5.75 Å². The van der Waals surface area contributed by atoms with E-state index in [0.29, 0.717) is 45.0 Å². The lowest BCUT2D eigenvalue weighted by Crippen LogP contribution is -2.53. The van der Waals surface area contributed by atoms with E-state index in [4.69, 9.17) is 0 Å². The van der Waals surface area contributed by atoms with Crippen molar-refractivity contribution < 1.29 is 13.2 Å². The SMILES string of the molecule is CCc1cnc(N2CCN(S(=O)(=O)C[C@]34CC[C@](C)(CC3=O)C4(C)C)CC2)nc1. The average molecular weight is 421 g/mol. The van der Waals surface area contributed by atoms with Crippen molar-refractivity contribution in [1.29, 1.82) is 0 Å². The fraction of sp³-hybridized carbons (Fsp3) is 0.762. The third-order valence-corrected chi connectivity index (χ3v) is 10.3. The normalized spacial score (nSPS) is 32.1. The molecule has 7 nitrogen and oxygen atoms in total. The van der Waals surface area contributed by atoms with E-state index in [2.05, 4.69) is 37.7 Å². The number of aryl methyl sites for hydroxylation is 1. The molecule has 2 heterocycles. The lowest BCUT2D eigenvalue weighted by Gasteiger charge is -2.41. The Labute approximate surface area is 173 Å². The quantitative estimate of drug-likeness (QED) is 0.727.